The normalized spacial score (nSPS) is 13.2. The van der Waals surface area contributed by atoms with E-state index in [-0.39, 0.29) is 24.0 Å². The number of carbonyl (C=O) groups excluding carboxylic acids is 3. The third kappa shape index (κ3) is 11.5. The van der Waals surface area contributed by atoms with Gasteiger partial charge in [-0.05, 0) is 83.7 Å². The molecule has 0 radical (unpaired) electrons. The summed E-state index contributed by atoms with van der Waals surface area (Å²) in [5.74, 6) is -0.601. The van der Waals surface area contributed by atoms with Crippen molar-refractivity contribution in [3.05, 3.63) is 65.2 Å². The van der Waals surface area contributed by atoms with Crippen molar-refractivity contribution in [2.45, 2.75) is 111 Å². The number of ether oxygens (including phenoxy) is 1. The smallest absolute Gasteiger partial charge is 0.408 e. The van der Waals surface area contributed by atoms with Crippen LogP contribution in [0.3, 0.4) is 0 Å². The quantitative estimate of drug-likeness (QED) is 0.265. The van der Waals surface area contributed by atoms with Crippen LogP contribution in [-0.2, 0) is 20.7 Å². The lowest BCUT2D eigenvalue weighted by Gasteiger charge is -2.36. The van der Waals surface area contributed by atoms with E-state index in [2.05, 4.69) is 17.6 Å². The van der Waals surface area contributed by atoms with Gasteiger partial charge >= 0.3 is 6.09 Å². The van der Waals surface area contributed by atoms with Crippen molar-refractivity contribution in [1.82, 2.24) is 15.5 Å². The SMILES string of the molecule is CCCCCCN(C(=O)C(Cc1ccccc1)NC(=O)OC(C)(C)C)C(C(=O)NC(C)(C)C)c1ccc(O)c(C)c1. The monoisotopic (exact) mass is 567 g/mol. The Morgan fingerprint density at radius 3 is 2.17 bits per heavy atom. The molecule has 0 aliphatic heterocycles. The average molecular weight is 568 g/mol. The highest BCUT2D eigenvalue weighted by Crippen LogP contribution is 2.28. The summed E-state index contributed by atoms with van der Waals surface area (Å²) in [5, 5.41) is 16.0. The Bertz CT molecular complexity index is 1150. The van der Waals surface area contributed by atoms with E-state index in [1.807, 2.05) is 51.1 Å². The molecule has 2 unspecified atom stereocenters. The summed E-state index contributed by atoms with van der Waals surface area (Å²) in [4.78, 5) is 42.9. The number of hydrogen-bond donors (Lipinski definition) is 3. The van der Waals surface area contributed by atoms with Crippen LogP contribution in [0, 0.1) is 6.92 Å². The third-order valence-electron chi connectivity index (χ3n) is 6.40. The van der Waals surface area contributed by atoms with Crippen LogP contribution in [0.2, 0.25) is 0 Å². The topological polar surface area (TPSA) is 108 Å². The molecule has 0 aromatic heterocycles. The lowest BCUT2D eigenvalue weighted by Crippen LogP contribution is -2.55. The molecule has 0 saturated heterocycles. The highest BCUT2D eigenvalue weighted by molar-refractivity contribution is 5.92. The molecule has 2 aromatic rings. The van der Waals surface area contributed by atoms with Crippen LogP contribution in [-0.4, -0.2) is 51.6 Å². The number of nitrogens with zero attached hydrogens (tertiary/aromatic N) is 1. The predicted molar refractivity (Wildman–Crippen MR) is 163 cm³/mol. The molecule has 0 heterocycles. The fourth-order valence-electron chi connectivity index (χ4n) is 4.53. The summed E-state index contributed by atoms with van der Waals surface area (Å²) >= 11 is 0. The summed E-state index contributed by atoms with van der Waals surface area (Å²) in [6.45, 7) is 15.2. The van der Waals surface area contributed by atoms with Crippen molar-refractivity contribution in [2.24, 2.45) is 0 Å². The molecule has 0 saturated carbocycles. The molecule has 0 spiro atoms. The Kier molecular flexibility index (Phi) is 12.2. The molecule has 8 nitrogen and oxygen atoms in total. The Hall–Kier alpha value is -3.55. The van der Waals surface area contributed by atoms with E-state index in [4.69, 9.17) is 4.74 Å². The number of alkyl carbamates (subject to hydrolysis) is 1. The zero-order chi connectivity index (χ0) is 30.8. The molecule has 3 amide bonds. The molecule has 0 fully saturated rings. The molecule has 8 heteroatoms. The predicted octanol–water partition coefficient (Wildman–Crippen LogP) is 6.20. The second-order valence-corrected chi connectivity index (χ2v) is 12.7. The van der Waals surface area contributed by atoms with Gasteiger partial charge < -0.3 is 25.4 Å². The van der Waals surface area contributed by atoms with E-state index in [1.54, 1.807) is 50.8 Å². The van der Waals surface area contributed by atoms with Crippen LogP contribution >= 0.6 is 0 Å². The van der Waals surface area contributed by atoms with Crippen LogP contribution < -0.4 is 10.6 Å². The fraction of sp³-hybridized carbons (Fsp3) is 0.545. The number of carbonyl (C=O) groups is 3. The second-order valence-electron chi connectivity index (χ2n) is 12.7. The van der Waals surface area contributed by atoms with E-state index < -0.39 is 29.3 Å². The molecule has 2 aromatic carbocycles. The summed E-state index contributed by atoms with van der Waals surface area (Å²) in [7, 11) is 0. The lowest BCUT2D eigenvalue weighted by molar-refractivity contribution is -0.143. The van der Waals surface area contributed by atoms with Crippen LogP contribution in [0.5, 0.6) is 5.75 Å². The third-order valence-corrected chi connectivity index (χ3v) is 6.40. The summed E-state index contributed by atoms with van der Waals surface area (Å²) in [5.41, 5.74) is 0.757. The van der Waals surface area contributed by atoms with Gasteiger partial charge in [0.05, 0.1) is 0 Å². The van der Waals surface area contributed by atoms with Crippen LogP contribution in [0.15, 0.2) is 48.5 Å². The van der Waals surface area contributed by atoms with E-state index in [0.29, 0.717) is 24.1 Å². The number of nitrogens with one attached hydrogen (secondary N) is 2. The number of rotatable bonds is 12. The van der Waals surface area contributed by atoms with E-state index in [0.717, 1.165) is 24.8 Å². The highest BCUT2D eigenvalue weighted by atomic mass is 16.6. The minimum Gasteiger partial charge on any atom is -0.508 e. The largest absolute Gasteiger partial charge is 0.508 e. The Labute approximate surface area is 245 Å². The van der Waals surface area contributed by atoms with Gasteiger partial charge in [-0.25, -0.2) is 4.79 Å². The molecule has 0 aliphatic rings. The Morgan fingerprint density at radius 2 is 1.61 bits per heavy atom. The maximum atomic E-state index is 14.5. The van der Waals surface area contributed by atoms with Crippen molar-refractivity contribution in [2.75, 3.05) is 6.54 Å². The van der Waals surface area contributed by atoms with Gasteiger partial charge in [-0.15, -0.1) is 0 Å². The number of amides is 3. The number of hydrogen-bond acceptors (Lipinski definition) is 5. The van der Waals surface area contributed by atoms with Gasteiger partial charge in [0, 0.05) is 18.5 Å². The van der Waals surface area contributed by atoms with Crippen LogP contribution in [0.1, 0.15) is 96.9 Å². The number of aryl methyl sites for hydroxylation is 1. The standard InChI is InChI=1S/C33H49N3O5/c1-9-10-11-15-20-36(28(29(38)35-32(3,4)5)25-18-19-27(37)23(2)21-25)30(39)26(22-24-16-13-12-14-17-24)34-31(40)41-33(6,7)8/h12-14,16-19,21,26,28,37H,9-11,15,20,22H2,1-8H3,(H,34,40)(H,35,38). The molecule has 41 heavy (non-hydrogen) atoms. The summed E-state index contributed by atoms with van der Waals surface area (Å²) < 4.78 is 5.51. The lowest BCUT2D eigenvalue weighted by atomic mass is 9.97. The minimum absolute atomic E-state index is 0.109. The number of phenolic OH excluding ortho intramolecular Hbond substituents is 1. The van der Waals surface area contributed by atoms with Crippen molar-refractivity contribution in [3.63, 3.8) is 0 Å². The van der Waals surface area contributed by atoms with Crippen molar-refractivity contribution < 1.29 is 24.2 Å². The summed E-state index contributed by atoms with van der Waals surface area (Å²) in [6.07, 6.45) is 3.14. The first kappa shape index (κ1) is 33.7. The number of benzene rings is 2. The van der Waals surface area contributed by atoms with Gasteiger partial charge in [-0.3, -0.25) is 9.59 Å². The van der Waals surface area contributed by atoms with E-state index in [9.17, 15) is 19.5 Å². The van der Waals surface area contributed by atoms with Crippen molar-refractivity contribution >= 4 is 17.9 Å². The summed E-state index contributed by atoms with van der Waals surface area (Å²) in [6, 6.07) is 12.5. The highest BCUT2D eigenvalue weighted by Gasteiger charge is 2.37. The zero-order valence-electron chi connectivity index (χ0n) is 26.0. The van der Waals surface area contributed by atoms with Crippen molar-refractivity contribution in [3.8, 4) is 5.75 Å². The molecule has 3 N–H and O–H groups in total. The molecule has 0 bridgehead atoms. The number of phenols is 1. The fourth-order valence-corrected chi connectivity index (χ4v) is 4.53. The first-order valence-corrected chi connectivity index (χ1v) is 14.6. The van der Waals surface area contributed by atoms with Crippen LogP contribution in [0.4, 0.5) is 4.79 Å². The van der Waals surface area contributed by atoms with Gasteiger partial charge in [-0.1, -0.05) is 62.6 Å². The van der Waals surface area contributed by atoms with E-state index in [1.165, 1.54) is 0 Å². The number of unbranched alkanes of at least 4 members (excludes halogenated alkanes) is 3. The maximum absolute atomic E-state index is 14.5. The van der Waals surface area contributed by atoms with E-state index >= 15 is 0 Å². The van der Waals surface area contributed by atoms with Gasteiger partial charge in [0.25, 0.3) is 0 Å². The van der Waals surface area contributed by atoms with Gasteiger partial charge in [0.1, 0.15) is 23.4 Å². The van der Waals surface area contributed by atoms with Gasteiger partial charge in [0.2, 0.25) is 11.8 Å². The minimum atomic E-state index is -0.971. The molecule has 226 valence electrons. The second kappa shape index (κ2) is 14.9. The molecular formula is C33H49N3O5. The van der Waals surface area contributed by atoms with Gasteiger partial charge in [0.15, 0.2) is 0 Å². The van der Waals surface area contributed by atoms with Crippen LogP contribution in [0.25, 0.3) is 0 Å². The first-order chi connectivity index (χ1) is 19.1. The average Bonchev–Trinajstić information content (AvgIpc) is 2.85. The molecule has 0 aliphatic carbocycles. The molecule has 2 rings (SSSR count). The Morgan fingerprint density at radius 1 is 0.951 bits per heavy atom. The molecular weight excluding hydrogens is 518 g/mol. The van der Waals surface area contributed by atoms with Crippen molar-refractivity contribution in [1.29, 1.82) is 0 Å². The first-order valence-electron chi connectivity index (χ1n) is 14.6. The zero-order valence-corrected chi connectivity index (χ0v) is 26.0. The number of aromatic hydroxyl groups is 1. The van der Waals surface area contributed by atoms with Gasteiger partial charge in [-0.2, -0.15) is 0 Å². The Balaban J connectivity index is 2.60. The maximum Gasteiger partial charge on any atom is 0.408 e. The molecule has 2 atom stereocenters.